The van der Waals surface area contributed by atoms with Crippen molar-refractivity contribution in [3.63, 3.8) is 0 Å². The molecule has 0 bridgehead atoms. The van der Waals surface area contributed by atoms with Crippen molar-refractivity contribution in [2.75, 3.05) is 13.1 Å². The normalized spacial score (nSPS) is 23.1. The predicted molar refractivity (Wildman–Crippen MR) is 89.5 cm³/mol. The van der Waals surface area contributed by atoms with Crippen molar-refractivity contribution in [1.29, 1.82) is 0 Å². The van der Waals surface area contributed by atoms with Crippen LogP contribution in [0, 0.1) is 0 Å². The van der Waals surface area contributed by atoms with Crippen LogP contribution in [-0.2, 0) is 11.2 Å². The van der Waals surface area contributed by atoms with Crippen molar-refractivity contribution in [3.05, 3.63) is 59.0 Å². The quantitative estimate of drug-likeness (QED) is 0.862. The molecule has 0 spiro atoms. The van der Waals surface area contributed by atoms with Gasteiger partial charge in [0.15, 0.2) is 0 Å². The van der Waals surface area contributed by atoms with Gasteiger partial charge in [0.2, 0.25) is 6.23 Å². The molecule has 1 unspecified atom stereocenters. The number of halogens is 1. The molecule has 0 aliphatic carbocycles. The molecule has 6 heteroatoms. The Labute approximate surface area is 141 Å². The van der Waals surface area contributed by atoms with Gasteiger partial charge in [0.1, 0.15) is 0 Å². The maximum Gasteiger partial charge on any atom is 0.231 e. The number of rotatable bonds is 4. The van der Waals surface area contributed by atoms with Gasteiger partial charge in [-0.05, 0) is 48.6 Å². The average molecular weight is 332 g/mol. The molecule has 2 heterocycles. The SMILES string of the molecule is [N]=NC1C=C(N2CCC(N)(Cc3ccc(Cl)cc3)CC2)C=CO1. The van der Waals surface area contributed by atoms with Gasteiger partial charge in [-0.2, -0.15) is 0 Å². The third-order valence-electron chi connectivity index (χ3n) is 4.48. The third kappa shape index (κ3) is 3.92. The second-order valence-electron chi connectivity index (χ2n) is 6.19. The zero-order valence-corrected chi connectivity index (χ0v) is 13.6. The number of likely N-dealkylation sites (tertiary alicyclic amines) is 1. The van der Waals surface area contributed by atoms with Gasteiger partial charge >= 0.3 is 0 Å². The van der Waals surface area contributed by atoms with Crippen LogP contribution < -0.4 is 11.3 Å². The van der Waals surface area contributed by atoms with E-state index in [9.17, 15) is 0 Å². The average Bonchev–Trinajstić information content (AvgIpc) is 2.57. The van der Waals surface area contributed by atoms with E-state index in [0.717, 1.165) is 43.1 Å². The molecule has 1 radical (unpaired) electrons. The van der Waals surface area contributed by atoms with E-state index in [0.29, 0.717) is 0 Å². The summed E-state index contributed by atoms with van der Waals surface area (Å²) in [5.74, 6) is 0. The Balaban J connectivity index is 1.61. The number of hydrogen-bond acceptors (Lipinski definition) is 4. The summed E-state index contributed by atoms with van der Waals surface area (Å²) in [5, 5.41) is 3.92. The van der Waals surface area contributed by atoms with Gasteiger partial charge in [-0.25, -0.2) is 0 Å². The van der Waals surface area contributed by atoms with E-state index in [2.05, 4.69) is 10.0 Å². The molecule has 3 rings (SSSR count). The highest BCUT2D eigenvalue weighted by atomic mass is 35.5. The van der Waals surface area contributed by atoms with Crippen molar-refractivity contribution in [2.24, 2.45) is 10.8 Å². The lowest BCUT2D eigenvalue weighted by Gasteiger charge is -2.41. The molecule has 1 saturated heterocycles. The van der Waals surface area contributed by atoms with Crippen LogP contribution in [0.5, 0.6) is 0 Å². The first-order valence-electron chi connectivity index (χ1n) is 7.74. The van der Waals surface area contributed by atoms with Crippen molar-refractivity contribution >= 4 is 11.6 Å². The van der Waals surface area contributed by atoms with Crippen LogP contribution in [0.1, 0.15) is 18.4 Å². The smallest absolute Gasteiger partial charge is 0.231 e. The third-order valence-corrected chi connectivity index (χ3v) is 4.73. The van der Waals surface area contributed by atoms with E-state index in [4.69, 9.17) is 27.6 Å². The van der Waals surface area contributed by atoms with Crippen molar-refractivity contribution in [2.45, 2.75) is 31.0 Å². The summed E-state index contributed by atoms with van der Waals surface area (Å²) >= 11 is 5.93. The largest absolute Gasteiger partial charge is 0.471 e. The monoisotopic (exact) mass is 331 g/mol. The van der Waals surface area contributed by atoms with Crippen LogP contribution in [0.15, 0.2) is 53.5 Å². The van der Waals surface area contributed by atoms with Crippen LogP contribution in [-0.4, -0.2) is 29.8 Å². The van der Waals surface area contributed by atoms with Crippen molar-refractivity contribution < 1.29 is 4.74 Å². The van der Waals surface area contributed by atoms with E-state index in [1.165, 1.54) is 5.56 Å². The minimum Gasteiger partial charge on any atom is -0.471 e. The summed E-state index contributed by atoms with van der Waals surface area (Å²) in [6.45, 7) is 1.75. The van der Waals surface area contributed by atoms with E-state index in [1.54, 1.807) is 6.26 Å². The standard InChI is InChI=1S/C17H20ClN4O/c18-14-3-1-13(2-4-14)12-17(19)6-8-22(9-7-17)15-5-10-23-16(11-15)21-20/h1-5,10-11,16H,6-9,12,19H2. The molecule has 2 N–H and O–H groups in total. The van der Waals surface area contributed by atoms with Crippen LogP contribution in [0.2, 0.25) is 5.02 Å². The molecule has 1 aromatic carbocycles. The Bertz CT molecular complexity index is 618. The second-order valence-corrected chi connectivity index (χ2v) is 6.63. The summed E-state index contributed by atoms with van der Waals surface area (Å²) < 4.78 is 5.14. The minimum absolute atomic E-state index is 0.194. The highest BCUT2D eigenvalue weighted by Gasteiger charge is 2.31. The lowest BCUT2D eigenvalue weighted by Crippen LogP contribution is -2.51. The highest BCUT2D eigenvalue weighted by Crippen LogP contribution is 2.28. The van der Waals surface area contributed by atoms with Gasteiger partial charge in [0, 0.05) is 35.4 Å². The molecule has 23 heavy (non-hydrogen) atoms. The lowest BCUT2D eigenvalue weighted by atomic mass is 9.82. The van der Waals surface area contributed by atoms with Crippen LogP contribution in [0.25, 0.3) is 0 Å². The first-order valence-corrected chi connectivity index (χ1v) is 8.12. The van der Waals surface area contributed by atoms with Crippen LogP contribution in [0.3, 0.4) is 0 Å². The van der Waals surface area contributed by atoms with Crippen molar-refractivity contribution in [3.8, 4) is 0 Å². The number of benzene rings is 1. The molecule has 5 nitrogen and oxygen atoms in total. The zero-order valence-electron chi connectivity index (χ0n) is 12.9. The van der Waals surface area contributed by atoms with E-state index >= 15 is 0 Å². The molecule has 1 atom stereocenters. The molecule has 2 aliphatic rings. The fourth-order valence-electron chi connectivity index (χ4n) is 3.10. The Hall–Kier alpha value is -1.85. The van der Waals surface area contributed by atoms with Crippen LogP contribution >= 0.6 is 11.6 Å². The number of nitrogens with two attached hydrogens (primary N) is 1. The maximum atomic E-state index is 8.85. The van der Waals surface area contributed by atoms with Crippen LogP contribution in [0.4, 0.5) is 0 Å². The Morgan fingerprint density at radius 3 is 2.65 bits per heavy atom. The molecule has 0 aromatic heterocycles. The first kappa shape index (κ1) is 16.0. The van der Waals surface area contributed by atoms with E-state index < -0.39 is 6.23 Å². The van der Waals surface area contributed by atoms with Gasteiger partial charge in [-0.15, -0.1) is 5.11 Å². The lowest BCUT2D eigenvalue weighted by molar-refractivity contribution is 0.164. The summed E-state index contributed by atoms with van der Waals surface area (Å²) in [7, 11) is 0. The van der Waals surface area contributed by atoms with Gasteiger partial charge in [-0.3, -0.25) is 0 Å². The molecule has 1 fully saturated rings. The summed E-state index contributed by atoms with van der Waals surface area (Å²) in [5.41, 5.74) is 17.5. The number of nitrogens with zero attached hydrogens (tertiary/aromatic N) is 3. The minimum atomic E-state index is -0.617. The summed E-state index contributed by atoms with van der Waals surface area (Å²) in [6, 6.07) is 7.90. The van der Waals surface area contributed by atoms with Gasteiger partial charge < -0.3 is 15.4 Å². The molecule has 0 saturated carbocycles. The number of hydrogen-bond donors (Lipinski definition) is 1. The predicted octanol–water partition coefficient (Wildman–Crippen LogP) is 2.68. The Kier molecular flexibility index (Phi) is 4.68. The van der Waals surface area contributed by atoms with Gasteiger partial charge in [-0.1, -0.05) is 23.7 Å². The summed E-state index contributed by atoms with van der Waals surface area (Å²) in [4.78, 5) is 2.25. The fraction of sp³-hybridized carbons (Fsp3) is 0.412. The molecule has 1 aromatic rings. The number of ether oxygens (including phenoxy) is 1. The fourth-order valence-corrected chi connectivity index (χ4v) is 3.22. The number of piperidine rings is 1. The van der Waals surface area contributed by atoms with Gasteiger partial charge in [0.25, 0.3) is 0 Å². The van der Waals surface area contributed by atoms with E-state index in [1.807, 2.05) is 36.4 Å². The zero-order chi connectivity index (χ0) is 16.3. The molecule has 2 aliphatic heterocycles. The molecule has 121 valence electrons. The topological polar surface area (TPSA) is 73.2 Å². The number of allylic oxidation sites excluding steroid dienone is 1. The highest BCUT2D eigenvalue weighted by molar-refractivity contribution is 6.30. The van der Waals surface area contributed by atoms with Crippen molar-refractivity contribution in [1.82, 2.24) is 10.4 Å². The molecular formula is C17H20ClN4O. The Morgan fingerprint density at radius 1 is 1.30 bits per heavy atom. The maximum absolute atomic E-state index is 8.85. The molecular weight excluding hydrogens is 312 g/mol. The Morgan fingerprint density at radius 2 is 2.00 bits per heavy atom. The molecule has 0 amide bonds. The first-order chi connectivity index (χ1) is 11.1. The van der Waals surface area contributed by atoms with E-state index in [-0.39, 0.29) is 5.54 Å². The summed E-state index contributed by atoms with van der Waals surface area (Å²) in [6.07, 6.45) is 7.31. The second kappa shape index (κ2) is 6.72. The van der Waals surface area contributed by atoms with Gasteiger partial charge in [0.05, 0.1) is 6.26 Å².